The molecule has 160 valence electrons. The molecule has 0 unspecified atom stereocenters. The van der Waals surface area contributed by atoms with E-state index in [0.29, 0.717) is 34.7 Å². The van der Waals surface area contributed by atoms with E-state index < -0.39 is 5.82 Å². The summed E-state index contributed by atoms with van der Waals surface area (Å²) in [6, 6.07) is 9.92. The highest BCUT2D eigenvalue weighted by Crippen LogP contribution is 2.31. The molecule has 4 aromatic rings. The second-order valence-corrected chi connectivity index (χ2v) is 6.87. The Morgan fingerprint density at radius 3 is 2.68 bits per heavy atom. The lowest BCUT2D eigenvalue weighted by Crippen LogP contribution is -2.21. The van der Waals surface area contributed by atoms with Crippen LogP contribution in [0.4, 0.5) is 15.8 Å². The summed E-state index contributed by atoms with van der Waals surface area (Å²) in [5.74, 6) is -0.0410. The SMILES string of the molecule is COc1cc(F)cc(N(CCO)c2ccc3ncc(-c4cnn(CCO)c4)nc3c2)c1. The summed E-state index contributed by atoms with van der Waals surface area (Å²) in [6.45, 7) is 0.545. The highest BCUT2D eigenvalue weighted by Gasteiger charge is 2.14. The number of rotatable bonds is 8. The van der Waals surface area contributed by atoms with Crippen LogP contribution in [-0.4, -0.2) is 56.8 Å². The Balaban J connectivity index is 1.74. The van der Waals surface area contributed by atoms with Crippen LogP contribution in [0.1, 0.15) is 0 Å². The van der Waals surface area contributed by atoms with Gasteiger partial charge in [0.1, 0.15) is 11.6 Å². The molecule has 9 heteroatoms. The van der Waals surface area contributed by atoms with Gasteiger partial charge in [0, 0.05) is 41.8 Å². The van der Waals surface area contributed by atoms with Gasteiger partial charge < -0.3 is 19.8 Å². The van der Waals surface area contributed by atoms with Crippen molar-refractivity contribution in [3.05, 3.63) is 60.8 Å². The molecule has 0 bridgehead atoms. The summed E-state index contributed by atoms with van der Waals surface area (Å²) in [4.78, 5) is 11.0. The summed E-state index contributed by atoms with van der Waals surface area (Å²) >= 11 is 0. The Morgan fingerprint density at radius 2 is 1.90 bits per heavy atom. The maximum absolute atomic E-state index is 14.1. The summed E-state index contributed by atoms with van der Waals surface area (Å²) in [7, 11) is 1.48. The third-order valence-corrected chi connectivity index (χ3v) is 4.82. The fourth-order valence-corrected chi connectivity index (χ4v) is 3.36. The van der Waals surface area contributed by atoms with Gasteiger partial charge in [-0.2, -0.15) is 5.10 Å². The average molecular weight is 423 g/mol. The monoisotopic (exact) mass is 423 g/mol. The van der Waals surface area contributed by atoms with Crippen molar-refractivity contribution in [1.82, 2.24) is 19.7 Å². The van der Waals surface area contributed by atoms with E-state index in [4.69, 9.17) is 14.8 Å². The van der Waals surface area contributed by atoms with Gasteiger partial charge in [-0.1, -0.05) is 0 Å². The molecule has 0 aliphatic rings. The van der Waals surface area contributed by atoms with Gasteiger partial charge in [-0.25, -0.2) is 9.37 Å². The standard InChI is InChI=1S/C22H22FN5O3/c1-31-19-9-16(23)8-18(10-19)28(5-7-30)17-2-3-20-21(11-17)26-22(13-24-20)15-12-25-27(14-15)4-6-29/h2-3,8-14,29-30H,4-7H2,1H3. The molecule has 0 amide bonds. The van der Waals surface area contributed by atoms with Gasteiger partial charge in [0.2, 0.25) is 0 Å². The average Bonchev–Trinajstić information content (AvgIpc) is 3.25. The Bertz CT molecular complexity index is 1200. The molecule has 31 heavy (non-hydrogen) atoms. The fraction of sp³-hybridized carbons (Fsp3) is 0.227. The van der Waals surface area contributed by atoms with Crippen LogP contribution >= 0.6 is 0 Å². The predicted octanol–water partition coefficient (Wildman–Crippen LogP) is 2.76. The normalized spacial score (nSPS) is 11.1. The minimum Gasteiger partial charge on any atom is -0.497 e. The number of hydrogen-bond donors (Lipinski definition) is 2. The lowest BCUT2D eigenvalue weighted by Gasteiger charge is -2.25. The van der Waals surface area contributed by atoms with Crippen molar-refractivity contribution in [2.75, 3.05) is 31.8 Å². The molecule has 0 atom stereocenters. The van der Waals surface area contributed by atoms with Crippen molar-refractivity contribution in [1.29, 1.82) is 0 Å². The van der Waals surface area contributed by atoms with Crippen LogP contribution in [0.25, 0.3) is 22.3 Å². The van der Waals surface area contributed by atoms with Crippen LogP contribution in [0.3, 0.4) is 0 Å². The van der Waals surface area contributed by atoms with Crippen molar-refractivity contribution < 1.29 is 19.3 Å². The van der Waals surface area contributed by atoms with Crippen LogP contribution in [0.15, 0.2) is 55.0 Å². The van der Waals surface area contributed by atoms with Gasteiger partial charge in [-0.15, -0.1) is 0 Å². The highest BCUT2D eigenvalue weighted by atomic mass is 19.1. The van der Waals surface area contributed by atoms with Crippen LogP contribution in [-0.2, 0) is 6.54 Å². The van der Waals surface area contributed by atoms with E-state index in [1.54, 1.807) is 34.2 Å². The number of aliphatic hydroxyl groups is 2. The van der Waals surface area contributed by atoms with E-state index in [9.17, 15) is 9.50 Å². The number of ether oxygens (including phenoxy) is 1. The molecule has 2 aromatic carbocycles. The Morgan fingerprint density at radius 1 is 1.03 bits per heavy atom. The minimum absolute atomic E-state index is 0.000559. The van der Waals surface area contributed by atoms with Gasteiger partial charge in [0.05, 0.1) is 56.0 Å². The molecule has 8 nitrogen and oxygen atoms in total. The molecule has 0 saturated carbocycles. The van der Waals surface area contributed by atoms with E-state index in [0.717, 1.165) is 11.3 Å². The third-order valence-electron chi connectivity index (χ3n) is 4.82. The van der Waals surface area contributed by atoms with Crippen LogP contribution in [0, 0.1) is 5.82 Å². The maximum atomic E-state index is 14.1. The molecule has 0 spiro atoms. The number of anilines is 2. The van der Waals surface area contributed by atoms with Gasteiger partial charge in [0.15, 0.2) is 0 Å². The first-order chi connectivity index (χ1) is 15.1. The van der Waals surface area contributed by atoms with Gasteiger partial charge in [0.25, 0.3) is 0 Å². The maximum Gasteiger partial charge on any atom is 0.128 e. The predicted molar refractivity (Wildman–Crippen MR) is 115 cm³/mol. The van der Waals surface area contributed by atoms with E-state index in [1.807, 2.05) is 18.2 Å². The van der Waals surface area contributed by atoms with Crippen molar-refractivity contribution >= 4 is 22.4 Å². The second-order valence-electron chi connectivity index (χ2n) is 6.87. The molecule has 2 heterocycles. The molecule has 0 aliphatic carbocycles. The number of aromatic nitrogens is 4. The lowest BCUT2D eigenvalue weighted by molar-refractivity contribution is 0.269. The zero-order valence-electron chi connectivity index (χ0n) is 16.9. The number of methoxy groups -OCH3 is 1. The highest BCUT2D eigenvalue weighted by molar-refractivity contribution is 5.82. The van der Waals surface area contributed by atoms with Crippen molar-refractivity contribution in [3.63, 3.8) is 0 Å². The number of nitrogens with zero attached hydrogens (tertiary/aromatic N) is 5. The number of halogens is 1. The van der Waals surface area contributed by atoms with E-state index in [-0.39, 0.29) is 19.8 Å². The minimum atomic E-state index is -0.431. The first-order valence-electron chi connectivity index (χ1n) is 9.75. The van der Waals surface area contributed by atoms with Gasteiger partial charge in [-0.05, 0) is 24.3 Å². The molecule has 0 aliphatic heterocycles. The Hall–Kier alpha value is -3.56. The molecule has 2 aromatic heterocycles. The zero-order chi connectivity index (χ0) is 21.8. The van der Waals surface area contributed by atoms with Gasteiger partial charge in [-0.3, -0.25) is 9.67 Å². The Labute approximate surface area is 178 Å². The van der Waals surface area contributed by atoms with Crippen LogP contribution < -0.4 is 9.64 Å². The van der Waals surface area contributed by atoms with Crippen molar-refractivity contribution in [3.8, 4) is 17.0 Å². The molecule has 0 saturated heterocycles. The van der Waals surface area contributed by atoms with Crippen molar-refractivity contribution in [2.45, 2.75) is 6.54 Å². The number of fused-ring (bicyclic) bond motifs is 1. The Kier molecular flexibility index (Phi) is 6.06. The smallest absolute Gasteiger partial charge is 0.128 e. The molecule has 0 fully saturated rings. The van der Waals surface area contributed by atoms with Gasteiger partial charge >= 0.3 is 0 Å². The topological polar surface area (TPSA) is 96.5 Å². The summed E-state index contributed by atoms with van der Waals surface area (Å²) < 4.78 is 20.9. The summed E-state index contributed by atoms with van der Waals surface area (Å²) in [5.41, 5.74) is 4.08. The third kappa shape index (κ3) is 4.47. The molecular formula is C22H22FN5O3. The van der Waals surface area contributed by atoms with E-state index in [1.165, 1.54) is 19.2 Å². The van der Waals surface area contributed by atoms with E-state index >= 15 is 0 Å². The second kappa shape index (κ2) is 9.07. The molecule has 0 radical (unpaired) electrons. The zero-order valence-corrected chi connectivity index (χ0v) is 16.9. The number of hydrogen-bond acceptors (Lipinski definition) is 7. The molecular weight excluding hydrogens is 401 g/mol. The van der Waals surface area contributed by atoms with E-state index in [2.05, 4.69) is 10.1 Å². The summed E-state index contributed by atoms with van der Waals surface area (Å²) in [6.07, 6.45) is 5.14. The largest absolute Gasteiger partial charge is 0.497 e. The quantitative estimate of drug-likeness (QED) is 0.450. The number of aliphatic hydroxyl groups excluding tert-OH is 2. The molecule has 4 rings (SSSR count). The lowest BCUT2D eigenvalue weighted by atomic mass is 10.2. The fourth-order valence-electron chi connectivity index (χ4n) is 3.36. The van der Waals surface area contributed by atoms with Crippen LogP contribution in [0.2, 0.25) is 0 Å². The van der Waals surface area contributed by atoms with Crippen LogP contribution in [0.5, 0.6) is 5.75 Å². The number of benzene rings is 2. The molecule has 2 N–H and O–H groups in total. The first kappa shape index (κ1) is 20.7. The first-order valence-corrected chi connectivity index (χ1v) is 9.75. The summed E-state index contributed by atoms with van der Waals surface area (Å²) in [5, 5.41) is 22.9. The van der Waals surface area contributed by atoms with Crippen molar-refractivity contribution in [2.24, 2.45) is 0 Å².